The van der Waals surface area contributed by atoms with Crippen LogP contribution < -0.4 is 20.0 Å². The van der Waals surface area contributed by atoms with Crippen LogP contribution in [-0.2, 0) is 9.59 Å². The third-order valence-corrected chi connectivity index (χ3v) is 3.35. The number of carbonyl (C=O) groups is 2. The maximum atomic E-state index is 11.8. The first-order chi connectivity index (χ1) is 12.5. The Kier molecular flexibility index (Phi) is 6.73. The van der Waals surface area contributed by atoms with Gasteiger partial charge in [0.15, 0.2) is 6.61 Å². The first-order valence-corrected chi connectivity index (χ1v) is 7.89. The Morgan fingerprint density at radius 3 is 2.54 bits per heavy atom. The molecule has 0 heterocycles. The molecule has 136 valence electrons. The quantitative estimate of drug-likeness (QED) is 0.562. The zero-order valence-electron chi connectivity index (χ0n) is 14.5. The van der Waals surface area contributed by atoms with Gasteiger partial charge in [-0.3, -0.25) is 4.79 Å². The molecule has 26 heavy (non-hydrogen) atoms. The van der Waals surface area contributed by atoms with Crippen LogP contribution in [0.4, 0.5) is 0 Å². The van der Waals surface area contributed by atoms with Crippen molar-refractivity contribution in [2.75, 3.05) is 13.2 Å². The lowest BCUT2D eigenvalue weighted by Crippen LogP contribution is -2.29. The summed E-state index contributed by atoms with van der Waals surface area (Å²) in [6.45, 7) is 3.14. The molecule has 7 nitrogen and oxygen atoms in total. The fraction of sp³-hybridized carbons (Fsp3) is 0.211. The minimum absolute atomic E-state index is 0.177. The summed E-state index contributed by atoms with van der Waals surface area (Å²) in [6, 6.07) is 12.4. The molecule has 0 bridgehead atoms. The van der Waals surface area contributed by atoms with Crippen LogP contribution in [0, 0.1) is 13.8 Å². The first-order valence-electron chi connectivity index (χ1n) is 7.89. The molecule has 0 spiro atoms. The van der Waals surface area contributed by atoms with Crippen LogP contribution in [0.15, 0.2) is 47.6 Å². The molecule has 0 saturated heterocycles. The molecule has 1 N–H and O–H groups in total. The molecule has 2 aromatic rings. The number of nitrogens with zero attached hydrogens (tertiary/aromatic N) is 1. The van der Waals surface area contributed by atoms with Gasteiger partial charge in [0.05, 0.1) is 12.2 Å². The Hall–Kier alpha value is -3.35. The largest absolute Gasteiger partial charge is 0.546 e. The van der Waals surface area contributed by atoms with Gasteiger partial charge in [-0.15, -0.1) is 0 Å². The molecule has 7 heteroatoms. The smallest absolute Gasteiger partial charge is 0.277 e. The summed E-state index contributed by atoms with van der Waals surface area (Å²) in [5, 5.41) is 14.3. The summed E-state index contributed by atoms with van der Waals surface area (Å²) in [4.78, 5) is 22.3. The molecule has 0 aliphatic rings. The molecule has 0 aliphatic heterocycles. The van der Waals surface area contributed by atoms with E-state index in [9.17, 15) is 14.7 Å². The molecule has 0 atom stereocenters. The highest BCUT2D eigenvalue weighted by atomic mass is 16.5. The molecule has 0 aliphatic carbocycles. The Bertz CT molecular complexity index is 817. The van der Waals surface area contributed by atoms with Gasteiger partial charge in [0.2, 0.25) is 0 Å². The second-order valence-electron chi connectivity index (χ2n) is 5.55. The van der Waals surface area contributed by atoms with Crippen molar-refractivity contribution in [1.82, 2.24) is 5.43 Å². The summed E-state index contributed by atoms with van der Waals surface area (Å²) < 4.78 is 10.6. The standard InChI is InChI=1S/C19H20N2O5/c1-13-7-8-16(14(2)9-13)25-11-18(22)21-20-10-15-5-3-4-6-17(15)26-12-19(23)24/h3-10H,11-12H2,1-2H3,(H,21,22)(H,23,24)/p-1/b20-10-. The van der Waals surface area contributed by atoms with Crippen LogP contribution in [0.2, 0.25) is 0 Å². The number of hydrazone groups is 1. The van der Waals surface area contributed by atoms with Crippen LogP contribution in [0.25, 0.3) is 0 Å². The lowest BCUT2D eigenvalue weighted by molar-refractivity contribution is -0.307. The van der Waals surface area contributed by atoms with Crippen molar-refractivity contribution in [3.05, 3.63) is 59.2 Å². The molecular weight excluding hydrogens is 336 g/mol. The number of amides is 1. The van der Waals surface area contributed by atoms with E-state index in [4.69, 9.17) is 9.47 Å². The van der Waals surface area contributed by atoms with E-state index in [1.807, 2.05) is 32.0 Å². The fourth-order valence-corrected chi connectivity index (χ4v) is 2.17. The Morgan fingerprint density at radius 2 is 1.81 bits per heavy atom. The van der Waals surface area contributed by atoms with E-state index in [-0.39, 0.29) is 6.61 Å². The molecule has 0 radical (unpaired) electrons. The Balaban J connectivity index is 1.88. The molecule has 2 aromatic carbocycles. The van der Waals surface area contributed by atoms with Crippen molar-refractivity contribution in [2.24, 2.45) is 5.10 Å². The molecule has 0 saturated carbocycles. The number of nitrogens with one attached hydrogen (secondary N) is 1. The zero-order chi connectivity index (χ0) is 18.9. The molecule has 1 amide bonds. The van der Waals surface area contributed by atoms with Gasteiger partial charge in [-0.05, 0) is 37.6 Å². The zero-order valence-corrected chi connectivity index (χ0v) is 14.5. The SMILES string of the molecule is Cc1ccc(OCC(=O)N/N=C\c2ccccc2OCC(=O)[O-])c(C)c1. The monoisotopic (exact) mass is 355 g/mol. The van der Waals surface area contributed by atoms with E-state index in [2.05, 4.69) is 10.5 Å². The highest BCUT2D eigenvalue weighted by Crippen LogP contribution is 2.18. The predicted octanol–water partition coefficient (Wildman–Crippen LogP) is 0.961. The van der Waals surface area contributed by atoms with Crippen LogP contribution in [0.1, 0.15) is 16.7 Å². The van der Waals surface area contributed by atoms with Crippen molar-refractivity contribution < 1.29 is 24.2 Å². The Labute approximate surface area is 151 Å². The lowest BCUT2D eigenvalue weighted by Gasteiger charge is -2.09. The second-order valence-corrected chi connectivity index (χ2v) is 5.55. The van der Waals surface area contributed by atoms with Crippen LogP contribution in [0.5, 0.6) is 11.5 Å². The van der Waals surface area contributed by atoms with E-state index in [0.717, 1.165) is 11.1 Å². The van der Waals surface area contributed by atoms with Gasteiger partial charge in [-0.2, -0.15) is 5.10 Å². The minimum Gasteiger partial charge on any atom is -0.546 e. The summed E-state index contributed by atoms with van der Waals surface area (Å²) in [5.74, 6) is -0.792. The van der Waals surface area contributed by atoms with Gasteiger partial charge >= 0.3 is 0 Å². The van der Waals surface area contributed by atoms with Crippen molar-refractivity contribution in [3.63, 3.8) is 0 Å². The van der Waals surface area contributed by atoms with Gasteiger partial charge in [0.1, 0.15) is 18.1 Å². The average molecular weight is 355 g/mol. The fourth-order valence-electron chi connectivity index (χ4n) is 2.17. The summed E-state index contributed by atoms with van der Waals surface area (Å²) in [6.07, 6.45) is 1.36. The third kappa shape index (κ3) is 5.94. The maximum absolute atomic E-state index is 11.8. The number of aryl methyl sites for hydroxylation is 2. The first kappa shape index (κ1) is 19.0. The molecular formula is C19H19N2O5-. The highest BCUT2D eigenvalue weighted by Gasteiger charge is 2.05. The van der Waals surface area contributed by atoms with Gasteiger partial charge < -0.3 is 19.4 Å². The summed E-state index contributed by atoms with van der Waals surface area (Å²) in [7, 11) is 0. The van der Waals surface area contributed by atoms with Crippen molar-refractivity contribution in [2.45, 2.75) is 13.8 Å². The predicted molar refractivity (Wildman–Crippen MR) is 94.1 cm³/mol. The van der Waals surface area contributed by atoms with E-state index in [1.165, 1.54) is 6.21 Å². The van der Waals surface area contributed by atoms with Crippen LogP contribution >= 0.6 is 0 Å². The van der Waals surface area contributed by atoms with E-state index < -0.39 is 18.5 Å². The topological polar surface area (TPSA) is 100 Å². The molecule has 0 fully saturated rings. The number of carboxylic acid groups (broad SMARTS) is 1. The molecule has 0 aromatic heterocycles. The molecule has 0 unspecified atom stereocenters. The van der Waals surface area contributed by atoms with Crippen LogP contribution in [-0.4, -0.2) is 31.3 Å². The van der Waals surface area contributed by atoms with Gasteiger partial charge in [-0.1, -0.05) is 29.8 Å². The molecule has 2 rings (SSSR count). The number of benzene rings is 2. The second kappa shape index (κ2) is 9.22. The van der Waals surface area contributed by atoms with Gasteiger partial charge in [-0.25, -0.2) is 5.43 Å². The van der Waals surface area contributed by atoms with Crippen molar-refractivity contribution in [1.29, 1.82) is 0 Å². The normalized spacial score (nSPS) is 10.5. The van der Waals surface area contributed by atoms with E-state index in [1.54, 1.807) is 24.3 Å². The number of para-hydroxylation sites is 1. The van der Waals surface area contributed by atoms with Crippen molar-refractivity contribution >= 4 is 18.1 Å². The number of hydrogen-bond acceptors (Lipinski definition) is 6. The number of carbonyl (C=O) groups excluding carboxylic acids is 2. The van der Waals surface area contributed by atoms with Crippen molar-refractivity contribution in [3.8, 4) is 11.5 Å². The summed E-state index contributed by atoms with van der Waals surface area (Å²) in [5.41, 5.74) is 4.92. The minimum atomic E-state index is -1.33. The number of rotatable bonds is 8. The number of aliphatic carboxylic acids is 1. The van der Waals surface area contributed by atoms with E-state index in [0.29, 0.717) is 17.1 Å². The number of ether oxygens (including phenoxy) is 2. The lowest BCUT2D eigenvalue weighted by atomic mass is 10.1. The third-order valence-electron chi connectivity index (χ3n) is 3.35. The Morgan fingerprint density at radius 1 is 1.08 bits per heavy atom. The average Bonchev–Trinajstić information content (AvgIpc) is 2.60. The maximum Gasteiger partial charge on any atom is 0.277 e. The van der Waals surface area contributed by atoms with Gasteiger partial charge in [0, 0.05) is 5.56 Å². The van der Waals surface area contributed by atoms with Gasteiger partial charge in [0.25, 0.3) is 5.91 Å². The number of hydrogen-bond donors (Lipinski definition) is 1. The van der Waals surface area contributed by atoms with E-state index >= 15 is 0 Å². The van der Waals surface area contributed by atoms with Crippen LogP contribution in [0.3, 0.4) is 0 Å². The highest BCUT2D eigenvalue weighted by molar-refractivity contribution is 5.85. The number of carboxylic acids is 1. The summed E-state index contributed by atoms with van der Waals surface area (Å²) >= 11 is 0.